The monoisotopic (exact) mass is 341 g/mol. The fraction of sp³-hybridized carbons (Fsp3) is 0.118. The van der Waals surface area contributed by atoms with Crippen LogP contribution in [-0.2, 0) is 4.74 Å². The van der Waals surface area contributed by atoms with E-state index in [1.54, 1.807) is 25.3 Å². The van der Waals surface area contributed by atoms with Crippen LogP contribution in [-0.4, -0.2) is 35.6 Å². The van der Waals surface area contributed by atoms with Gasteiger partial charge in [-0.05, 0) is 30.3 Å². The zero-order valence-electron chi connectivity index (χ0n) is 13.5. The molecule has 1 heterocycles. The summed E-state index contributed by atoms with van der Waals surface area (Å²) >= 11 is 0. The summed E-state index contributed by atoms with van der Waals surface area (Å²) in [6.07, 6.45) is 0. The number of para-hydroxylation sites is 1. The lowest BCUT2D eigenvalue weighted by Crippen LogP contribution is -2.06. The molecule has 0 aliphatic heterocycles. The summed E-state index contributed by atoms with van der Waals surface area (Å²) in [7, 11) is 2.81. The number of nitrogens with zero attached hydrogens (tertiary/aromatic N) is 2. The average Bonchev–Trinajstić information content (AvgIpc) is 3.16. The number of ether oxygens (including phenoxy) is 2. The van der Waals surface area contributed by atoms with Gasteiger partial charge in [-0.1, -0.05) is 12.1 Å². The van der Waals surface area contributed by atoms with Crippen molar-refractivity contribution in [3.05, 3.63) is 48.0 Å². The Labute approximate surface area is 143 Å². The predicted octanol–water partition coefficient (Wildman–Crippen LogP) is 3.00. The molecule has 0 spiro atoms. The number of anilines is 1. The Morgan fingerprint density at radius 1 is 1.12 bits per heavy atom. The molecule has 0 bridgehead atoms. The van der Waals surface area contributed by atoms with Gasteiger partial charge < -0.3 is 13.9 Å². The van der Waals surface area contributed by atoms with Crippen LogP contribution < -0.4 is 10.2 Å². The van der Waals surface area contributed by atoms with E-state index in [2.05, 4.69) is 10.2 Å². The molecule has 0 radical (unpaired) electrons. The van der Waals surface area contributed by atoms with Crippen molar-refractivity contribution in [2.75, 3.05) is 19.7 Å². The van der Waals surface area contributed by atoms with E-state index < -0.39 is 5.97 Å². The second-order valence-corrected chi connectivity index (χ2v) is 4.98. The van der Waals surface area contributed by atoms with Gasteiger partial charge in [-0.15, -0.1) is 10.2 Å². The maximum atomic E-state index is 11.8. The van der Waals surface area contributed by atoms with Crippen molar-refractivity contribution >= 4 is 11.7 Å². The molecule has 128 valence electrons. The Bertz CT molecular complexity index is 907. The summed E-state index contributed by atoms with van der Waals surface area (Å²) < 4.78 is 15.7. The zero-order valence-corrected chi connectivity index (χ0v) is 13.5. The third-order valence-corrected chi connectivity index (χ3v) is 3.55. The van der Waals surface area contributed by atoms with Crippen LogP contribution in [0, 0.1) is 0 Å². The Kier molecular flexibility index (Phi) is 4.62. The van der Waals surface area contributed by atoms with Gasteiger partial charge in [-0.2, -0.15) is 0 Å². The Morgan fingerprint density at radius 2 is 1.88 bits per heavy atom. The minimum absolute atomic E-state index is 0.138. The number of carbonyl (C=O) groups is 1. The molecule has 3 rings (SSSR count). The number of hydrogen-bond acceptors (Lipinski definition) is 8. The van der Waals surface area contributed by atoms with Crippen LogP contribution >= 0.6 is 0 Å². The predicted molar refractivity (Wildman–Crippen MR) is 88.5 cm³/mol. The van der Waals surface area contributed by atoms with Crippen molar-refractivity contribution in [1.82, 2.24) is 10.2 Å². The van der Waals surface area contributed by atoms with Crippen molar-refractivity contribution in [1.29, 1.82) is 0 Å². The van der Waals surface area contributed by atoms with Gasteiger partial charge in [-0.25, -0.2) is 4.79 Å². The van der Waals surface area contributed by atoms with Gasteiger partial charge >= 0.3 is 5.97 Å². The molecule has 3 aromatic rings. The molecule has 0 amide bonds. The summed E-state index contributed by atoms with van der Waals surface area (Å²) in [5.74, 6) is 0.502. The van der Waals surface area contributed by atoms with Gasteiger partial charge in [0.05, 0.1) is 31.0 Å². The van der Waals surface area contributed by atoms with E-state index in [4.69, 9.17) is 19.1 Å². The number of benzene rings is 2. The number of aromatic nitrogens is 2. The van der Waals surface area contributed by atoms with Crippen molar-refractivity contribution in [3.63, 3.8) is 0 Å². The molecule has 8 heteroatoms. The van der Waals surface area contributed by atoms with E-state index in [0.29, 0.717) is 16.9 Å². The first-order valence-corrected chi connectivity index (χ1v) is 7.27. The van der Waals surface area contributed by atoms with Crippen molar-refractivity contribution in [2.24, 2.45) is 0 Å². The lowest BCUT2D eigenvalue weighted by molar-refractivity contribution is 0.0601. The number of nitrogens with one attached hydrogen (secondary N) is 1. The SMILES string of the molecule is COC(=O)c1cc(-c2nnc(-c3ccccc3OC)o2)ccc1NO. The van der Waals surface area contributed by atoms with Gasteiger partial charge in [0.25, 0.3) is 5.89 Å². The quantitative estimate of drug-likeness (QED) is 0.539. The summed E-state index contributed by atoms with van der Waals surface area (Å²) in [5, 5.41) is 17.2. The highest BCUT2D eigenvalue weighted by atomic mass is 16.5. The molecular formula is C17H15N3O5. The standard InChI is InChI=1S/C17H15N3O5/c1-23-14-6-4-3-5-11(14)16-19-18-15(25-16)10-7-8-13(20-22)12(9-10)17(21)24-2/h3-9,20,22H,1-2H3. The van der Waals surface area contributed by atoms with E-state index in [1.807, 2.05) is 17.6 Å². The van der Waals surface area contributed by atoms with E-state index >= 15 is 0 Å². The zero-order chi connectivity index (χ0) is 17.8. The van der Waals surface area contributed by atoms with Crippen LogP contribution in [0.4, 0.5) is 5.69 Å². The Morgan fingerprint density at radius 3 is 2.60 bits per heavy atom. The van der Waals surface area contributed by atoms with E-state index in [-0.39, 0.29) is 23.0 Å². The molecule has 0 fully saturated rings. The van der Waals surface area contributed by atoms with Crippen LogP contribution in [0.25, 0.3) is 22.9 Å². The highest BCUT2D eigenvalue weighted by Gasteiger charge is 2.18. The first-order valence-electron chi connectivity index (χ1n) is 7.27. The normalized spacial score (nSPS) is 10.4. The first kappa shape index (κ1) is 16.5. The molecule has 0 saturated heterocycles. The van der Waals surface area contributed by atoms with E-state index in [0.717, 1.165) is 0 Å². The summed E-state index contributed by atoms with van der Waals surface area (Å²) in [4.78, 5) is 11.8. The second kappa shape index (κ2) is 7.02. The van der Waals surface area contributed by atoms with Gasteiger partial charge in [0, 0.05) is 5.56 Å². The minimum Gasteiger partial charge on any atom is -0.496 e. The fourth-order valence-electron chi connectivity index (χ4n) is 2.32. The van der Waals surface area contributed by atoms with Crippen molar-refractivity contribution in [3.8, 4) is 28.7 Å². The maximum absolute atomic E-state index is 11.8. The number of rotatable bonds is 5. The second-order valence-electron chi connectivity index (χ2n) is 4.98. The van der Waals surface area contributed by atoms with Crippen molar-refractivity contribution in [2.45, 2.75) is 0 Å². The number of carbonyl (C=O) groups excluding carboxylic acids is 1. The lowest BCUT2D eigenvalue weighted by atomic mass is 10.1. The molecule has 25 heavy (non-hydrogen) atoms. The Hall–Kier alpha value is -3.39. The van der Waals surface area contributed by atoms with Crippen LogP contribution in [0.1, 0.15) is 10.4 Å². The molecule has 0 aliphatic carbocycles. The fourth-order valence-corrected chi connectivity index (χ4v) is 2.32. The molecule has 0 unspecified atom stereocenters. The van der Waals surface area contributed by atoms with Gasteiger partial charge in [0.1, 0.15) is 5.75 Å². The van der Waals surface area contributed by atoms with Crippen LogP contribution in [0.15, 0.2) is 46.9 Å². The molecule has 2 N–H and O–H groups in total. The largest absolute Gasteiger partial charge is 0.496 e. The van der Waals surface area contributed by atoms with Gasteiger partial charge in [0.2, 0.25) is 5.89 Å². The molecule has 0 saturated carbocycles. The smallest absolute Gasteiger partial charge is 0.340 e. The van der Waals surface area contributed by atoms with Crippen LogP contribution in [0.3, 0.4) is 0 Å². The number of methoxy groups -OCH3 is 2. The highest BCUT2D eigenvalue weighted by molar-refractivity contribution is 5.96. The molecule has 2 aromatic carbocycles. The maximum Gasteiger partial charge on any atom is 0.340 e. The highest BCUT2D eigenvalue weighted by Crippen LogP contribution is 2.31. The molecule has 0 aliphatic rings. The third-order valence-electron chi connectivity index (χ3n) is 3.55. The summed E-state index contributed by atoms with van der Waals surface area (Å²) in [5.41, 5.74) is 3.46. The van der Waals surface area contributed by atoms with Crippen molar-refractivity contribution < 1.29 is 23.9 Å². The molecule has 1 aromatic heterocycles. The molecule has 0 atom stereocenters. The topological polar surface area (TPSA) is 107 Å². The average molecular weight is 341 g/mol. The minimum atomic E-state index is -0.608. The van der Waals surface area contributed by atoms with Gasteiger partial charge in [0.15, 0.2) is 0 Å². The van der Waals surface area contributed by atoms with Crippen LogP contribution in [0.5, 0.6) is 5.75 Å². The van der Waals surface area contributed by atoms with Crippen LogP contribution in [0.2, 0.25) is 0 Å². The summed E-state index contributed by atoms with van der Waals surface area (Å²) in [6.45, 7) is 0. The van der Waals surface area contributed by atoms with Gasteiger partial charge in [-0.3, -0.25) is 10.7 Å². The number of hydrogen-bond donors (Lipinski definition) is 2. The van der Waals surface area contributed by atoms with E-state index in [9.17, 15) is 4.79 Å². The Balaban J connectivity index is 2.01. The number of esters is 1. The molecule has 8 nitrogen and oxygen atoms in total. The first-order chi connectivity index (χ1) is 12.2. The molecular weight excluding hydrogens is 326 g/mol. The third kappa shape index (κ3) is 3.15. The lowest BCUT2D eigenvalue weighted by Gasteiger charge is -2.07. The van der Waals surface area contributed by atoms with E-state index in [1.165, 1.54) is 19.2 Å². The summed E-state index contributed by atoms with van der Waals surface area (Å²) in [6, 6.07) is 11.9.